The monoisotopic (exact) mass is 441 g/mol. The minimum Gasteiger partial charge on any atom is -0.353 e. The number of pyridine rings is 1. The van der Waals surface area contributed by atoms with Crippen LogP contribution in [0.3, 0.4) is 0 Å². The highest BCUT2D eigenvalue weighted by molar-refractivity contribution is 9.10. The van der Waals surface area contributed by atoms with Gasteiger partial charge in [0.15, 0.2) is 0 Å². The standard InChI is InChI=1S/C21H20BrN3O3/c1-14(25-12-9-15-5-2-3-8-18(15)21(25)28)19(26)23-10-11-24-20(27)16-6-4-7-17(22)13-16/h2-9,12-14H,10-11H2,1H3,(H,23,26)(H,24,27)/t14-/m0/s1. The predicted octanol–water partition coefficient (Wildman–Crippen LogP) is 2.87. The van der Waals surface area contributed by atoms with Crippen LogP contribution in [0.5, 0.6) is 0 Å². The first-order chi connectivity index (χ1) is 13.5. The van der Waals surface area contributed by atoms with Crippen molar-refractivity contribution in [3.63, 3.8) is 0 Å². The van der Waals surface area contributed by atoms with Crippen LogP contribution in [0, 0.1) is 0 Å². The number of benzene rings is 2. The number of fused-ring (bicyclic) bond motifs is 1. The van der Waals surface area contributed by atoms with Gasteiger partial charge in [-0.2, -0.15) is 0 Å². The van der Waals surface area contributed by atoms with Crippen molar-refractivity contribution in [2.75, 3.05) is 13.1 Å². The normalized spacial score (nSPS) is 11.8. The van der Waals surface area contributed by atoms with E-state index in [1.54, 1.807) is 43.5 Å². The molecule has 0 fully saturated rings. The van der Waals surface area contributed by atoms with E-state index < -0.39 is 6.04 Å². The summed E-state index contributed by atoms with van der Waals surface area (Å²) >= 11 is 3.33. The van der Waals surface area contributed by atoms with E-state index >= 15 is 0 Å². The Bertz CT molecular complexity index is 1080. The molecule has 3 aromatic rings. The lowest BCUT2D eigenvalue weighted by Crippen LogP contribution is -2.39. The summed E-state index contributed by atoms with van der Waals surface area (Å²) in [6.07, 6.45) is 1.63. The van der Waals surface area contributed by atoms with Crippen LogP contribution in [0.4, 0.5) is 0 Å². The van der Waals surface area contributed by atoms with Gasteiger partial charge in [-0.3, -0.25) is 14.4 Å². The van der Waals surface area contributed by atoms with Gasteiger partial charge in [0.25, 0.3) is 11.5 Å². The first-order valence-corrected chi connectivity index (χ1v) is 9.68. The van der Waals surface area contributed by atoms with Gasteiger partial charge >= 0.3 is 0 Å². The summed E-state index contributed by atoms with van der Waals surface area (Å²) in [6.45, 7) is 2.23. The minimum absolute atomic E-state index is 0.205. The summed E-state index contributed by atoms with van der Waals surface area (Å²) in [5.74, 6) is -0.497. The van der Waals surface area contributed by atoms with Gasteiger partial charge in [0.1, 0.15) is 6.04 Å². The Morgan fingerprint density at radius 3 is 2.57 bits per heavy atom. The zero-order valence-electron chi connectivity index (χ0n) is 15.3. The molecule has 1 heterocycles. The van der Waals surface area contributed by atoms with E-state index in [1.165, 1.54) is 4.57 Å². The fourth-order valence-corrected chi connectivity index (χ4v) is 3.28. The number of halogens is 1. The molecule has 0 unspecified atom stereocenters. The summed E-state index contributed by atoms with van der Waals surface area (Å²) in [5.41, 5.74) is 0.334. The summed E-state index contributed by atoms with van der Waals surface area (Å²) in [6, 6.07) is 15.5. The van der Waals surface area contributed by atoms with Gasteiger partial charge in [-0.05, 0) is 42.6 Å². The van der Waals surface area contributed by atoms with E-state index in [-0.39, 0.29) is 30.5 Å². The van der Waals surface area contributed by atoms with Crippen LogP contribution in [-0.2, 0) is 4.79 Å². The minimum atomic E-state index is -0.655. The fourth-order valence-electron chi connectivity index (χ4n) is 2.88. The van der Waals surface area contributed by atoms with Crippen molar-refractivity contribution in [2.24, 2.45) is 0 Å². The summed E-state index contributed by atoms with van der Waals surface area (Å²) in [5, 5.41) is 6.92. The molecule has 0 saturated carbocycles. The van der Waals surface area contributed by atoms with Gasteiger partial charge in [-0.25, -0.2) is 0 Å². The average Bonchev–Trinajstić information content (AvgIpc) is 2.71. The van der Waals surface area contributed by atoms with Crippen LogP contribution in [0.1, 0.15) is 23.3 Å². The van der Waals surface area contributed by atoms with Crippen LogP contribution >= 0.6 is 15.9 Å². The molecule has 1 aromatic heterocycles. The zero-order valence-corrected chi connectivity index (χ0v) is 16.9. The molecule has 28 heavy (non-hydrogen) atoms. The van der Waals surface area contributed by atoms with Crippen LogP contribution in [0.15, 0.2) is 70.1 Å². The molecule has 2 amide bonds. The molecule has 0 saturated heterocycles. The first-order valence-electron chi connectivity index (χ1n) is 8.89. The Labute approximate surface area is 170 Å². The maximum absolute atomic E-state index is 12.6. The molecule has 6 nitrogen and oxygen atoms in total. The Hall–Kier alpha value is -2.93. The van der Waals surface area contributed by atoms with E-state index in [9.17, 15) is 14.4 Å². The molecule has 0 radical (unpaired) electrons. The van der Waals surface area contributed by atoms with Crippen molar-refractivity contribution in [1.29, 1.82) is 0 Å². The Kier molecular flexibility index (Phi) is 6.26. The molecular formula is C21H20BrN3O3. The van der Waals surface area contributed by atoms with Gasteiger partial charge in [0.05, 0.1) is 0 Å². The van der Waals surface area contributed by atoms with Crippen molar-refractivity contribution in [1.82, 2.24) is 15.2 Å². The number of nitrogens with zero attached hydrogens (tertiary/aromatic N) is 1. The average molecular weight is 442 g/mol. The highest BCUT2D eigenvalue weighted by Crippen LogP contribution is 2.12. The van der Waals surface area contributed by atoms with Crippen molar-refractivity contribution < 1.29 is 9.59 Å². The van der Waals surface area contributed by atoms with Gasteiger partial charge in [-0.1, -0.05) is 40.2 Å². The molecule has 0 bridgehead atoms. The van der Waals surface area contributed by atoms with Crippen molar-refractivity contribution in [3.05, 3.63) is 81.2 Å². The van der Waals surface area contributed by atoms with Crippen molar-refractivity contribution in [2.45, 2.75) is 13.0 Å². The molecule has 0 aliphatic rings. The Morgan fingerprint density at radius 2 is 1.79 bits per heavy atom. The number of amides is 2. The maximum Gasteiger partial charge on any atom is 0.259 e. The smallest absolute Gasteiger partial charge is 0.259 e. The van der Waals surface area contributed by atoms with Gasteiger partial charge < -0.3 is 15.2 Å². The van der Waals surface area contributed by atoms with E-state index in [4.69, 9.17) is 0 Å². The van der Waals surface area contributed by atoms with E-state index in [0.717, 1.165) is 9.86 Å². The number of carbonyl (C=O) groups is 2. The zero-order chi connectivity index (χ0) is 20.1. The third kappa shape index (κ3) is 4.48. The molecule has 3 rings (SSSR count). The molecule has 2 N–H and O–H groups in total. The summed E-state index contributed by atoms with van der Waals surface area (Å²) in [7, 11) is 0. The third-order valence-corrected chi connectivity index (χ3v) is 4.93. The number of carbonyl (C=O) groups excluding carboxylic acids is 2. The third-order valence-electron chi connectivity index (χ3n) is 4.43. The largest absolute Gasteiger partial charge is 0.353 e. The molecule has 1 atom stereocenters. The van der Waals surface area contributed by atoms with Crippen LogP contribution < -0.4 is 16.2 Å². The second kappa shape index (κ2) is 8.84. The Morgan fingerprint density at radius 1 is 1.04 bits per heavy atom. The number of aromatic nitrogens is 1. The topological polar surface area (TPSA) is 80.2 Å². The molecule has 144 valence electrons. The van der Waals surface area contributed by atoms with Crippen LogP contribution in [-0.4, -0.2) is 29.5 Å². The first kappa shape index (κ1) is 19.8. The number of hydrogen-bond donors (Lipinski definition) is 2. The van der Waals surface area contributed by atoms with Gasteiger partial charge in [0, 0.05) is 34.7 Å². The second-order valence-corrected chi connectivity index (χ2v) is 7.26. The van der Waals surface area contributed by atoms with Crippen molar-refractivity contribution >= 4 is 38.5 Å². The molecule has 0 aliphatic heterocycles. The maximum atomic E-state index is 12.6. The summed E-state index contributed by atoms with van der Waals surface area (Å²) in [4.78, 5) is 37.1. The number of hydrogen-bond acceptors (Lipinski definition) is 3. The van der Waals surface area contributed by atoms with Crippen LogP contribution in [0.25, 0.3) is 10.8 Å². The van der Waals surface area contributed by atoms with Crippen molar-refractivity contribution in [3.8, 4) is 0 Å². The molecule has 0 aliphatic carbocycles. The van der Waals surface area contributed by atoms with E-state index in [0.29, 0.717) is 10.9 Å². The highest BCUT2D eigenvalue weighted by atomic mass is 79.9. The predicted molar refractivity (Wildman–Crippen MR) is 112 cm³/mol. The van der Waals surface area contributed by atoms with E-state index in [2.05, 4.69) is 26.6 Å². The van der Waals surface area contributed by atoms with Gasteiger partial charge in [-0.15, -0.1) is 0 Å². The summed E-state index contributed by atoms with van der Waals surface area (Å²) < 4.78 is 2.24. The lowest BCUT2D eigenvalue weighted by atomic mass is 10.1. The quantitative estimate of drug-likeness (QED) is 0.577. The lowest BCUT2D eigenvalue weighted by molar-refractivity contribution is -0.123. The highest BCUT2D eigenvalue weighted by Gasteiger charge is 2.16. The lowest BCUT2D eigenvalue weighted by Gasteiger charge is -2.16. The second-order valence-electron chi connectivity index (χ2n) is 6.35. The Balaban J connectivity index is 1.56. The molecule has 2 aromatic carbocycles. The van der Waals surface area contributed by atoms with Crippen LogP contribution in [0.2, 0.25) is 0 Å². The SMILES string of the molecule is C[C@@H](C(=O)NCCNC(=O)c1cccc(Br)c1)n1ccc2ccccc2c1=O. The number of nitrogens with one attached hydrogen (secondary N) is 2. The van der Waals surface area contributed by atoms with Gasteiger partial charge in [0.2, 0.25) is 5.91 Å². The van der Waals surface area contributed by atoms with E-state index in [1.807, 2.05) is 24.3 Å². The molecule has 7 heteroatoms. The fraction of sp³-hybridized carbons (Fsp3) is 0.190. The number of rotatable bonds is 6. The molecule has 0 spiro atoms. The molecular weight excluding hydrogens is 422 g/mol.